The lowest BCUT2D eigenvalue weighted by Crippen LogP contribution is -2.65. The van der Waals surface area contributed by atoms with Crippen molar-refractivity contribution in [3.8, 4) is 0 Å². The smallest absolute Gasteiger partial charge is 0.187 e. The summed E-state index contributed by atoms with van der Waals surface area (Å²) in [6.45, 7) is 6.91. The minimum absolute atomic E-state index is 0.0523. The Morgan fingerprint density at radius 2 is 1.48 bits per heavy atom. The Morgan fingerprint density at radius 3 is 2.02 bits per heavy atom. The van der Waals surface area contributed by atoms with Gasteiger partial charge in [0.2, 0.25) is 0 Å². The van der Waals surface area contributed by atoms with Crippen LogP contribution >= 0.6 is 0 Å². The monoisotopic (exact) mass is 638 g/mol. The Morgan fingerprint density at radius 1 is 0.909 bits per heavy atom. The van der Waals surface area contributed by atoms with Gasteiger partial charge in [-0.1, -0.05) is 33.1 Å². The molecule has 17 atom stereocenters. The molecule has 257 valence electrons. The van der Waals surface area contributed by atoms with Crippen molar-refractivity contribution in [1.82, 2.24) is 0 Å². The Hall–Kier alpha value is -0.875. The fourth-order valence-corrected chi connectivity index (χ4v) is 5.30. The van der Waals surface area contributed by atoms with E-state index in [2.05, 4.69) is 6.58 Å². The summed E-state index contributed by atoms with van der Waals surface area (Å²) in [5.41, 5.74) is 29.7. The van der Waals surface area contributed by atoms with Crippen molar-refractivity contribution in [2.24, 2.45) is 28.7 Å². The third-order valence-corrected chi connectivity index (χ3v) is 8.14. The summed E-state index contributed by atoms with van der Waals surface area (Å²) in [5.74, 6) is 0. The number of ether oxygens (including phenoxy) is 4. The third-order valence-electron chi connectivity index (χ3n) is 8.14. The second-order valence-corrected chi connectivity index (χ2v) is 11.6. The molecule has 16 unspecified atom stereocenters. The molecule has 0 aromatic heterocycles. The highest BCUT2D eigenvalue weighted by molar-refractivity contribution is 6.33. The predicted molar refractivity (Wildman–Crippen MR) is 157 cm³/mol. The molecule has 2 rings (SSSR count). The third kappa shape index (κ3) is 9.58. The Bertz CT molecular complexity index is 872. The summed E-state index contributed by atoms with van der Waals surface area (Å²) in [4.78, 5) is 0. The molecule has 0 spiro atoms. The highest BCUT2D eigenvalue weighted by Crippen LogP contribution is 2.33. The van der Waals surface area contributed by atoms with Crippen molar-refractivity contribution in [3.05, 3.63) is 12.2 Å². The minimum Gasteiger partial charge on any atom is -0.390 e. The maximum atomic E-state index is 11.1. The van der Waals surface area contributed by atoms with Crippen LogP contribution in [-0.4, -0.2) is 159 Å². The Balaban J connectivity index is 2.21. The molecular formula is C26H53BN5O12. The van der Waals surface area contributed by atoms with E-state index in [0.29, 0.717) is 6.42 Å². The predicted octanol–water partition coefficient (Wildman–Crippen LogP) is -6.13. The van der Waals surface area contributed by atoms with Gasteiger partial charge < -0.3 is 88.5 Å². The number of rotatable bonds is 18. The Kier molecular flexibility index (Phi) is 16.0. The zero-order valence-corrected chi connectivity index (χ0v) is 25.2. The van der Waals surface area contributed by atoms with E-state index < -0.39 is 104 Å². The zero-order chi connectivity index (χ0) is 33.5. The molecule has 2 aliphatic rings. The molecule has 1 aliphatic heterocycles. The van der Waals surface area contributed by atoms with Crippen LogP contribution in [-0.2, 0) is 18.9 Å². The van der Waals surface area contributed by atoms with Gasteiger partial charge in [0.1, 0.15) is 43.9 Å². The van der Waals surface area contributed by atoms with E-state index in [4.69, 9.17) is 47.6 Å². The average Bonchev–Trinajstić information content (AvgIpc) is 3.28. The van der Waals surface area contributed by atoms with Crippen LogP contribution in [0, 0.1) is 0 Å². The quantitative estimate of drug-likeness (QED) is 0.0377. The lowest BCUT2D eigenvalue weighted by Gasteiger charge is -2.44. The molecule has 1 heterocycles. The van der Waals surface area contributed by atoms with Crippen LogP contribution in [0.25, 0.3) is 0 Å². The molecule has 1 radical (unpaired) electrons. The summed E-state index contributed by atoms with van der Waals surface area (Å²) in [6.07, 6.45) is -18.0. The summed E-state index contributed by atoms with van der Waals surface area (Å²) >= 11 is 0. The van der Waals surface area contributed by atoms with E-state index in [1.165, 1.54) is 0 Å². The molecule has 18 N–H and O–H groups in total. The van der Waals surface area contributed by atoms with Crippen LogP contribution < -0.4 is 28.7 Å². The number of hydrogen-bond donors (Lipinski definition) is 13. The fraction of sp³-hybridized carbons (Fsp3) is 0.923. The van der Waals surface area contributed by atoms with Crippen molar-refractivity contribution >= 4 is 7.28 Å². The van der Waals surface area contributed by atoms with Gasteiger partial charge in [-0.3, -0.25) is 0 Å². The van der Waals surface area contributed by atoms with E-state index >= 15 is 0 Å². The standard InChI is InChI=1S/C26H53BN5O12/c1-4-5-12(33)18(36)14(31)24(39)42-21-11(30)6-10(29)17(35)23(21)44-26-20(38)22(13(41-26)7-27-3)43-25(40)15(32)19(37)16(34)9(2)8-28/h10-26,33-40H,2,4-8,28-32H2,1,3H3/t10?,11?,12?,13?,14?,15?,16?,17?,18?,19?,20?,21?,22?,23?,24?,25-,26?/m1/s1. The van der Waals surface area contributed by atoms with Crippen molar-refractivity contribution in [2.45, 2.75) is 143 Å². The fourth-order valence-electron chi connectivity index (χ4n) is 5.30. The van der Waals surface area contributed by atoms with Crippen LogP contribution in [0.1, 0.15) is 26.2 Å². The molecule has 1 aliphatic carbocycles. The second-order valence-electron chi connectivity index (χ2n) is 11.6. The second kappa shape index (κ2) is 17.9. The first-order chi connectivity index (χ1) is 20.6. The van der Waals surface area contributed by atoms with Gasteiger partial charge >= 0.3 is 0 Å². The number of aliphatic hydroxyl groups is 8. The average molecular weight is 639 g/mol. The number of nitrogens with two attached hydrogens (primary N) is 5. The van der Waals surface area contributed by atoms with Gasteiger partial charge in [0.25, 0.3) is 0 Å². The molecule has 44 heavy (non-hydrogen) atoms. The molecule has 1 saturated carbocycles. The lowest BCUT2D eigenvalue weighted by molar-refractivity contribution is -0.272. The maximum Gasteiger partial charge on any atom is 0.187 e. The zero-order valence-electron chi connectivity index (χ0n) is 25.2. The lowest BCUT2D eigenvalue weighted by atomic mass is 9.74. The summed E-state index contributed by atoms with van der Waals surface area (Å²) in [7, 11) is 1.70. The van der Waals surface area contributed by atoms with Crippen molar-refractivity contribution in [3.63, 3.8) is 0 Å². The van der Waals surface area contributed by atoms with Gasteiger partial charge in [0.15, 0.2) is 18.9 Å². The van der Waals surface area contributed by atoms with Gasteiger partial charge in [0, 0.05) is 18.6 Å². The van der Waals surface area contributed by atoms with Gasteiger partial charge in [-0.2, -0.15) is 0 Å². The van der Waals surface area contributed by atoms with E-state index in [9.17, 15) is 40.9 Å². The first-order valence-electron chi connectivity index (χ1n) is 14.8. The van der Waals surface area contributed by atoms with Crippen LogP contribution in [0.3, 0.4) is 0 Å². The molecule has 0 bridgehead atoms. The maximum absolute atomic E-state index is 11.1. The molecule has 17 nitrogen and oxygen atoms in total. The minimum atomic E-state index is -1.89. The molecule has 18 heteroatoms. The number of aliphatic hydroxyl groups excluding tert-OH is 8. The van der Waals surface area contributed by atoms with Crippen LogP contribution in [0.2, 0.25) is 13.1 Å². The molecule has 0 aromatic rings. The van der Waals surface area contributed by atoms with Crippen molar-refractivity contribution in [1.29, 1.82) is 0 Å². The highest BCUT2D eigenvalue weighted by atomic mass is 16.7. The van der Waals surface area contributed by atoms with Crippen LogP contribution in [0.4, 0.5) is 0 Å². The normalized spacial score (nSPS) is 36.6. The van der Waals surface area contributed by atoms with Crippen molar-refractivity contribution in [2.75, 3.05) is 6.54 Å². The van der Waals surface area contributed by atoms with Gasteiger partial charge in [-0.15, -0.1) is 0 Å². The van der Waals surface area contributed by atoms with E-state index in [1.807, 2.05) is 0 Å². The first kappa shape index (κ1) is 39.3. The highest BCUT2D eigenvalue weighted by Gasteiger charge is 2.52. The largest absolute Gasteiger partial charge is 0.390 e. The van der Waals surface area contributed by atoms with Gasteiger partial charge in [0.05, 0.1) is 36.5 Å². The molecule has 1 saturated heterocycles. The van der Waals surface area contributed by atoms with Gasteiger partial charge in [-0.05, 0) is 18.4 Å². The van der Waals surface area contributed by atoms with E-state index in [1.54, 1.807) is 21.0 Å². The van der Waals surface area contributed by atoms with Crippen LogP contribution in [0.15, 0.2) is 12.2 Å². The van der Waals surface area contributed by atoms with Gasteiger partial charge in [-0.25, -0.2) is 0 Å². The van der Waals surface area contributed by atoms with E-state index in [-0.39, 0.29) is 31.3 Å². The molecule has 0 amide bonds. The SMILES string of the molecule is C=C(CN)C(O)C(O)C(N)[C@H](O)OC1C(C[B]C)OC(OC2C(O)C(N)CC(N)C2OC(O)C(N)C(O)C(O)CCC)C1O. The van der Waals surface area contributed by atoms with Crippen LogP contribution in [0.5, 0.6) is 0 Å². The number of hydrogen-bond acceptors (Lipinski definition) is 17. The Labute approximate surface area is 258 Å². The van der Waals surface area contributed by atoms with Crippen molar-refractivity contribution < 1.29 is 59.8 Å². The van der Waals surface area contributed by atoms with E-state index in [0.717, 1.165) is 0 Å². The topological polar surface area (TPSA) is 329 Å². The summed E-state index contributed by atoms with van der Waals surface area (Å²) in [5, 5.41) is 84.3. The summed E-state index contributed by atoms with van der Waals surface area (Å²) < 4.78 is 23.1. The summed E-state index contributed by atoms with van der Waals surface area (Å²) in [6, 6.07) is -4.79. The molecule has 0 aromatic carbocycles. The first-order valence-corrected chi connectivity index (χ1v) is 14.8. The molecule has 2 fully saturated rings. The molecular weight excluding hydrogens is 585 g/mol.